The first kappa shape index (κ1) is 20.8. The van der Waals surface area contributed by atoms with Crippen LogP contribution in [0.5, 0.6) is 28.7 Å². The van der Waals surface area contributed by atoms with Gasteiger partial charge < -0.3 is 24.4 Å². The quantitative estimate of drug-likeness (QED) is 0.420. The Labute approximate surface area is 174 Å². The van der Waals surface area contributed by atoms with E-state index in [0.29, 0.717) is 23.7 Å². The maximum Gasteiger partial charge on any atom is 0.189 e. The number of hydrogen-bond acceptors (Lipinski definition) is 6. The van der Waals surface area contributed by atoms with Crippen LogP contribution in [0.3, 0.4) is 0 Å². The average molecular weight is 406 g/mol. The smallest absolute Gasteiger partial charge is 0.189 e. The monoisotopic (exact) mass is 406 g/mol. The van der Waals surface area contributed by atoms with Gasteiger partial charge in [-0.3, -0.25) is 4.79 Å². The zero-order valence-electron chi connectivity index (χ0n) is 16.7. The third-order valence-electron chi connectivity index (χ3n) is 4.43. The zero-order valence-corrected chi connectivity index (χ0v) is 16.7. The highest BCUT2D eigenvalue weighted by Crippen LogP contribution is 2.28. The molecule has 0 unspecified atom stereocenters. The van der Waals surface area contributed by atoms with Gasteiger partial charge in [0.15, 0.2) is 5.78 Å². The minimum atomic E-state index is -0.394. The minimum Gasteiger partial charge on any atom is -0.508 e. The number of carbonyl (C=O) groups is 1. The molecule has 3 aromatic rings. The lowest BCUT2D eigenvalue weighted by Crippen LogP contribution is -1.97. The molecule has 0 aliphatic carbocycles. The number of phenols is 2. The van der Waals surface area contributed by atoms with E-state index in [0.717, 1.165) is 17.4 Å². The molecule has 3 aromatic carbocycles. The molecule has 2 N–H and O–H groups in total. The Morgan fingerprint density at radius 3 is 2.30 bits per heavy atom. The zero-order chi connectivity index (χ0) is 21.5. The van der Waals surface area contributed by atoms with Crippen LogP contribution in [0.2, 0.25) is 0 Å². The number of rotatable bonds is 8. The van der Waals surface area contributed by atoms with Crippen molar-refractivity contribution in [3.8, 4) is 28.7 Å². The standard InChI is InChI=1S/C24H22O6/c1-28-19-8-3-16(4-9-19)15-30-20-10-5-17(24(14-20)29-2)6-12-22(26)21-11-7-18(25)13-23(21)27/h3-14,25,27H,15H2,1-2H3. The molecule has 0 bridgehead atoms. The Balaban J connectivity index is 1.70. The molecule has 0 atom stereocenters. The van der Waals surface area contributed by atoms with Crippen LogP contribution in [-0.2, 0) is 6.61 Å². The van der Waals surface area contributed by atoms with E-state index in [2.05, 4.69) is 0 Å². The molecule has 0 spiro atoms. The third kappa shape index (κ3) is 5.11. The number of carbonyl (C=O) groups excluding carboxylic acids is 1. The molecule has 0 saturated heterocycles. The normalized spacial score (nSPS) is 10.7. The molecule has 0 radical (unpaired) electrons. The second-order valence-electron chi connectivity index (χ2n) is 6.44. The van der Waals surface area contributed by atoms with E-state index < -0.39 is 5.78 Å². The van der Waals surface area contributed by atoms with E-state index >= 15 is 0 Å². The highest BCUT2D eigenvalue weighted by molar-refractivity contribution is 6.08. The van der Waals surface area contributed by atoms with Crippen molar-refractivity contribution in [2.45, 2.75) is 6.61 Å². The summed E-state index contributed by atoms with van der Waals surface area (Å²) in [4.78, 5) is 12.3. The molecular weight excluding hydrogens is 384 g/mol. The van der Waals surface area contributed by atoms with Crippen molar-refractivity contribution < 1.29 is 29.2 Å². The van der Waals surface area contributed by atoms with Crippen LogP contribution in [0.4, 0.5) is 0 Å². The Morgan fingerprint density at radius 2 is 1.63 bits per heavy atom. The summed E-state index contributed by atoms with van der Waals surface area (Å²) in [5.74, 6) is 1.17. The van der Waals surface area contributed by atoms with E-state index in [4.69, 9.17) is 14.2 Å². The number of ether oxygens (including phenoxy) is 3. The summed E-state index contributed by atoms with van der Waals surface area (Å²) in [6.45, 7) is 0.390. The van der Waals surface area contributed by atoms with Crippen molar-refractivity contribution >= 4 is 11.9 Å². The van der Waals surface area contributed by atoms with E-state index in [-0.39, 0.29) is 17.1 Å². The highest BCUT2D eigenvalue weighted by atomic mass is 16.5. The summed E-state index contributed by atoms with van der Waals surface area (Å²) in [5, 5.41) is 19.2. The molecule has 0 aliphatic heterocycles. The molecule has 0 aromatic heterocycles. The van der Waals surface area contributed by atoms with Crippen LogP contribution < -0.4 is 14.2 Å². The largest absolute Gasteiger partial charge is 0.508 e. The van der Waals surface area contributed by atoms with Gasteiger partial charge in [-0.15, -0.1) is 0 Å². The van der Waals surface area contributed by atoms with Gasteiger partial charge in [-0.1, -0.05) is 12.1 Å². The van der Waals surface area contributed by atoms with Gasteiger partial charge in [0.25, 0.3) is 0 Å². The van der Waals surface area contributed by atoms with Gasteiger partial charge in [0.05, 0.1) is 19.8 Å². The first-order chi connectivity index (χ1) is 14.5. The molecule has 6 nitrogen and oxygen atoms in total. The molecule has 6 heteroatoms. The summed E-state index contributed by atoms with van der Waals surface area (Å²) in [5.41, 5.74) is 1.78. The SMILES string of the molecule is COc1ccc(COc2ccc(C=CC(=O)c3ccc(O)cc3O)c(OC)c2)cc1. The summed E-state index contributed by atoms with van der Waals surface area (Å²) in [6, 6.07) is 16.7. The van der Waals surface area contributed by atoms with Crippen molar-refractivity contribution in [2.75, 3.05) is 14.2 Å². The van der Waals surface area contributed by atoms with Crippen LogP contribution in [0, 0.1) is 0 Å². The first-order valence-electron chi connectivity index (χ1n) is 9.18. The van der Waals surface area contributed by atoms with Gasteiger partial charge in [0, 0.05) is 17.7 Å². The van der Waals surface area contributed by atoms with Gasteiger partial charge in [0.1, 0.15) is 35.4 Å². The Kier molecular flexibility index (Phi) is 6.60. The van der Waals surface area contributed by atoms with E-state index in [1.165, 1.54) is 25.3 Å². The fourth-order valence-corrected chi connectivity index (χ4v) is 2.79. The predicted octanol–water partition coefficient (Wildman–Crippen LogP) is 4.59. The van der Waals surface area contributed by atoms with E-state index in [1.54, 1.807) is 31.4 Å². The number of aromatic hydroxyl groups is 2. The molecule has 3 rings (SSSR count). The summed E-state index contributed by atoms with van der Waals surface area (Å²) < 4.78 is 16.4. The van der Waals surface area contributed by atoms with Crippen molar-refractivity contribution in [1.82, 2.24) is 0 Å². The molecule has 154 valence electrons. The fourth-order valence-electron chi connectivity index (χ4n) is 2.79. The van der Waals surface area contributed by atoms with Crippen LogP contribution >= 0.6 is 0 Å². The van der Waals surface area contributed by atoms with Crippen molar-refractivity contribution in [3.05, 3.63) is 83.4 Å². The molecule has 0 amide bonds. The van der Waals surface area contributed by atoms with Crippen LogP contribution in [-0.4, -0.2) is 30.2 Å². The summed E-state index contributed by atoms with van der Waals surface area (Å²) >= 11 is 0. The van der Waals surface area contributed by atoms with Crippen molar-refractivity contribution in [1.29, 1.82) is 0 Å². The van der Waals surface area contributed by atoms with Gasteiger partial charge in [-0.05, 0) is 54.1 Å². The molecule has 0 aliphatic rings. The summed E-state index contributed by atoms with van der Waals surface area (Å²) in [6.07, 6.45) is 2.93. The third-order valence-corrected chi connectivity index (χ3v) is 4.43. The van der Waals surface area contributed by atoms with Gasteiger partial charge in [0.2, 0.25) is 0 Å². The average Bonchev–Trinajstić information content (AvgIpc) is 2.76. The first-order valence-corrected chi connectivity index (χ1v) is 9.18. The molecule has 30 heavy (non-hydrogen) atoms. The lowest BCUT2D eigenvalue weighted by atomic mass is 10.1. The number of methoxy groups -OCH3 is 2. The number of ketones is 1. The molecule has 0 saturated carbocycles. The number of phenolic OH excluding ortho intramolecular Hbond substituents is 2. The topological polar surface area (TPSA) is 85.2 Å². The summed E-state index contributed by atoms with van der Waals surface area (Å²) in [7, 11) is 3.16. The molecule has 0 heterocycles. The fraction of sp³-hybridized carbons (Fsp3) is 0.125. The van der Waals surface area contributed by atoms with E-state index in [1.807, 2.05) is 24.3 Å². The van der Waals surface area contributed by atoms with Gasteiger partial charge >= 0.3 is 0 Å². The second kappa shape index (κ2) is 9.52. The van der Waals surface area contributed by atoms with Crippen LogP contribution in [0.15, 0.2) is 66.7 Å². The Morgan fingerprint density at radius 1 is 0.900 bits per heavy atom. The van der Waals surface area contributed by atoms with E-state index in [9.17, 15) is 15.0 Å². The Hall–Kier alpha value is -3.93. The number of hydrogen-bond donors (Lipinski definition) is 2. The Bertz CT molecular complexity index is 1050. The van der Waals surface area contributed by atoms with Crippen LogP contribution in [0.25, 0.3) is 6.08 Å². The minimum absolute atomic E-state index is 0.0995. The highest BCUT2D eigenvalue weighted by Gasteiger charge is 2.10. The van der Waals surface area contributed by atoms with Gasteiger partial charge in [-0.2, -0.15) is 0 Å². The van der Waals surface area contributed by atoms with Crippen LogP contribution in [0.1, 0.15) is 21.5 Å². The molecule has 0 fully saturated rings. The predicted molar refractivity (Wildman–Crippen MR) is 113 cm³/mol. The molecular formula is C24H22O6. The van der Waals surface area contributed by atoms with Crippen molar-refractivity contribution in [3.63, 3.8) is 0 Å². The maximum atomic E-state index is 12.3. The van der Waals surface area contributed by atoms with Crippen molar-refractivity contribution in [2.24, 2.45) is 0 Å². The second-order valence-corrected chi connectivity index (χ2v) is 6.44. The number of benzene rings is 3. The maximum absolute atomic E-state index is 12.3. The lowest BCUT2D eigenvalue weighted by Gasteiger charge is -2.10. The number of allylic oxidation sites excluding steroid dienone is 1. The van der Waals surface area contributed by atoms with Gasteiger partial charge in [-0.25, -0.2) is 0 Å². The lowest BCUT2D eigenvalue weighted by molar-refractivity contribution is 0.104.